The molecule has 0 spiro atoms. The first kappa shape index (κ1) is 35.7. The predicted molar refractivity (Wildman–Crippen MR) is 136 cm³/mol. The molecule has 0 unspecified atom stereocenters. The Morgan fingerprint density at radius 3 is 0.921 bits per heavy atom. The molecule has 0 rings (SSSR count). The third kappa shape index (κ3) is 17.2. The summed E-state index contributed by atoms with van der Waals surface area (Å²) < 4.78 is 15.4. The topological polar surface area (TPSA) is 134 Å². The number of carbonyl (C=O) groups is 3. The fraction of sp³-hybridized carbons (Fsp3) is 0.885. The average molecular weight is 553 g/mol. The van der Waals surface area contributed by atoms with E-state index in [4.69, 9.17) is 43.5 Å². The average Bonchev–Trinajstić information content (AvgIpc) is 2.81. The summed E-state index contributed by atoms with van der Waals surface area (Å²) in [5.74, 6) is 0. The summed E-state index contributed by atoms with van der Waals surface area (Å²) in [6.07, 6.45) is 1.09. The Bertz CT molecular complexity index is 624. The van der Waals surface area contributed by atoms with Crippen molar-refractivity contribution in [2.24, 2.45) is 5.41 Å². The monoisotopic (exact) mass is 552 g/mol. The van der Waals surface area contributed by atoms with Crippen LogP contribution in [0.4, 0.5) is 14.4 Å². The van der Waals surface area contributed by atoms with Crippen molar-refractivity contribution in [2.45, 2.75) is 125 Å². The van der Waals surface area contributed by atoms with Gasteiger partial charge in [-0.05, 0) is 67.7 Å². The zero-order chi connectivity index (χ0) is 29.5. The van der Waals surface area contributed by atoms with Crippen LogP contribution in [0.5, 0.6) is 0 Å². The maximum absolute atomic E-state index is 12.1. The van der Waals surface area contributed by atoms with E-state index in [1.54, 1.807) is 48.5 Å². The van der Waals surface area contributed by atoms with Crippen molar-refractivity contribution in [3.63, 3.8) is 0 Å². The SMILES string of the molecule is CCCC(C)(C)OOC(=O)OCC(C)(COC(=O)OOC(C)(C)CCC)COC(=O)OOC(C)(C)CCC. The molecule has 0 aromatic heterocycles. The summed E-state index contributed by atoms with van der Waals surface area (Å²) in [5, 5.41) is 0. The Balaban J connectivity index is 5.07. The molecule has 12 heteroatoms. The molecule has 0 aliphatic carbocycles. The Kier molecular flexibility index (Phi) is 15.6. The molecule has 0 aliphatic heterocycles. The van der Waals surface area contributed by atoms with E-state index in [0.29, 0.717) is 19.3 Å². The second-order valence-corrected chi connectivity index (χ2v) is 11.5. The Labute approximate surface area is 226 Å². The summed E-state index contributed by atoms with van der Waals surface area (Å²) >= 11 is 0. The summed E-state index contributed by atoms with van der Waals surface area (Å²) in [4.78, 5) is 65.9. The van der Waals surface area contributed by atoms with E-state index in [-0.39, 0.29) is 19.8 Å². The number of ether oxygens (including phenoxy) is 3. The van der Waals surface area contributed by atoms with E-state index < -0.39 is 40.7 Å². The third-order valence-electron chi connectivity index (χ3n) is 5.18. The van der Waals surface area contributed by atoms with Crippen LogP contribution in [0.15, 0.2) is 0 Å². The van der Waals surface area contributed by atoms with Crippen LogP contribution >= 0.6 is 0 Å². The third-order valence-corrected chi connectivity index (χ3v) is 5.18. The normalized spacial score (nSPS) is 12.5. The Morgan fingerprint density at radius 2 is 0.711 bits per heavy atom. The van der Waals surface area contributed by atoms with Crippen LogP contribution in [0.3, 0.4) is 0 Å². The number of rotatable bonds is 18. The smallest absolute Gasteiger partial charge is 0.431 e. The molecule has 224 valence electrons. The first-order chi connectivity index (χ1) is 17.5. The highest BCUT2D eigenvalue weighted by Gasteiger charge is 2.34. The molecule has 0 fully saturated rings. The largest absolute Gasteiger partial charge is 0.540 e. The molecule has 0 amide bonds. The number of hydrogen-bond acceptors (Lipinski definition) is 12. The molecule has 38 heavy (non-hydrogen) atoms. The minimum atomic E-state index is -1.21. The lowest BCUT2D eigenvalue weighted by Gasteiger charge is -2.28. The zero-order valence-electron chi connectivity index (χ0n) is 24.8. The molecular weight excluding hydrogens is 504 g/mol. The second kappa shape index (κ2) is 16.6. The molecule has 12 nitrogen and oxygen atoms in total. The first-order valence-electron chi connectivity index (χ1n) is 13.1. The number of hydrogen-bond donors (Lipinski definition) is 0. The van der Waals surface area contributed by atoms with Gasteiger partial charge in [-0.3, -0.25) is 14.7 Å². The van der Waals surface area contributed by atoms with E-state index in [0.717, 1.165) is 19.3 Å². The minimum Gasteiger partial charge on any atom is -0.431 e. The lowest BCUT2D eigenvalue weighted by Crippen LogP contribution is -2.38. The molecule has 0 bridgehead atoms. The van der Waals surface area contributed by atoms with Crippen molar-refractivity contribution in [3.05, 3.63) is 0 Å². The van der Waals surface area contributed by atoms with E-state index in [1.807, 2.05) is 20.8 Å². The first-order valence-corrected chi connectivity index (χ1v) is 13.1. The summed E-state index contributed by atoms with van der Waals surface area (Å²) in [6.45, 7) is 16.9. The van der Waals surface area contributed by atoms with Crippen LogP contribution in [-0.4, -0.2) is 55.1 Å². The molecule has 0 heterocycles. The van der Waals surface area contributed by atoms with Gasteiger partial charge >= 0.3 is 18.5 Å². The molecule has 0 aromatic rings. The fourth-order valence-corrected chi connectivity index (χ4v) is 3.27. The Hall–Kier alpha value is -2.31. The molecule has 0 saturated carbocycles. The zero-order valence-corrected chi connectivity index (χ0v) is 24.8. The van der Waals surface area contributed by atoms with E-state index in [9.17, 15) is 14.4 Å². The van der Waals surface area contributed by atoms with Gasteiger partial charge in [0.05, 0.1) is 5.41 Å². The van der Waals surface area contributed by atoms with Crippen molar-refractivity contribution in [1.29, 1.82) is 0 Å². The van der Waals surface area contributed by atoms with Gasteiger partial charge in [-0.15, -0.1) is 0 Å². The van der Waals surface area contributed by atoms with Gasteiger partial charge in [-0.1, -0.05) is 40.0 Å². The van der Waals surface area contributed by atoms with Crippen LogP contribution in [-0.2, 0) is 43.5 Å². The summed E-state index contributed by atoms with van der Waals surface area (Å²) in [7, 11) is 0. The van der Waals surface area contributed by atoms with Gasteiger partial charge in [0.1, 0.15) is 36.6 Å². The molecule has 0 radical (unpaired) electrons. The van der Waals surface area contributed by atoms with Gasteiger partial charge in [0.2, 0.25) is 0 Å². The van der Waals surface area contributed by atoms with Gasteiger partial charge in [0.15, 0.2) is 0 Å². The van der Waals surface area contributed by atoms with Crippen LogP contribution in [0.2, 0.25) is 0 Å². The second-order valence-electron chi connectivity index (χ2n) is 11.5. The highest BCUT2D eigenvalue weighted by molar-refractivity contribution is 5.60. The number of carbonyl (C=O) groups excluding carboxylic acids is 3. The van der Waals surface area contributed by atoms with Crippen LogP contribution in [0.1, 0.15) is 108 Å². The van der Waals surface area contributed by atoms with E-state index >= 15 is 0 Å². The lowest BCUT2D eigenvalue weighted by molar-refractivity contribution is -0.323. The molecule has 0 aromatic carbocycles. The highest BCUT2D eigenvalue weighted by atomic mass is 17.2. The van der Waals surface area contributed by atoms with Crippen molar-refractivity contribution in [3.8, 4) is 0 Å². The fourth-order valence-electron chi connectivity index (χ4n) is 3.27. The summed E-state index contributed by atoms with van der Waals surface area (Å²) in [6, 6.07) is 0. The van der Waals surface area contributed by atoms with Crippen molar-refractivity contribution >= 4 is 18.5 Å². The van der Waals surface area contributed by atoms with Gasteiger partial charge in [-0.25, -0.2) is 14.4 Å². The minimum absolute atomic E-state index is 0.367. The van der Waals surface area contributed by atoms with Gasteiger partial charge < -0.3 is 14.2 Å². The van der Waals surface area contributed by atoms with Crippen molar-refractivity contribution in [1.82, 2.24) is 0 Å². The maximum atomic E-state index is 12.1. The quantitative estimate of drug-likeness (QED) is 0.0751. The predicted octanol–water partition coefficient (Wildman–Crippen LogP) is 6.98. The van der Waals surface area contributed by atoms with Gasteiger partial charge in [0.25, 0.3) is 0 Å². The molecule has 0 saturated heterocycles. The maximum Gasteiger partial charge on any atom is 0.540 e. The van der Waals surface area contributed by atoms with E-state index in [2.05, 4.69) is 0 Å². The Morgan fingerprint density at radius 1 is 0.474 bits per heavy atom. The summed E-state index contributed by atoms with van der Waals surface area (Å²) in [5.41, 5.74) is -3.32. The lowest BCUT2D eigenvalue weighted by atomic mass is 9.94. The van der Waals surface area contributed by atoms with Crippen LogP contribution in [0.25, 0.3) is 0 Å². The van der Waals surface area contributed by atoms with Crippen molar-refractivity contribution < 1.29 is 57.9 Å². The highest BCUT2D eigenvalue weighted by Crippen LogP contribution is 2.23. The molecule has 0 aliphatic rings. The van der Waals surface area contributed by atoms with E-state index in [1.165, 1.54) is 0 Å². The molecular formula is C26H48O12. The molecule has 0 atom stereocenters. The van der Waals surface area contributed by atoms with Gasteiger partial charge in [-0.2, -0.15) is 14.7 Å². The van der Waals surface area contributed by atoms with Gasteiger partial charge in [0, 0.05) is 0 Å². The van der Waals surface area contributed by atoms with Crippen molar-refractivity contribution in [2.75, 3.05) is 19.8 Å². The molecule has 0 N–H and O–H groups in total. The standard InChI is InChI=1S/C26H48O12/c1-11-14-23(4,5)36-33-20(27)30-17-26(10,18-31-21(28)34-37-24(6,7)15-12-2)19-32-22(29)35-38-25(8,9)16-13-3/h11-19H2,1-10H3. The van der Waals surface area contributed by atoms with Crippen LogP contribution in [0, 0.1) is 5.41 Å². The van der Waals surface area contributed by atoms with Crippen LogP contribution < -0.4 is 0 Å².